The predicted molar refractivity (Wildman–Crippen MR) is 77.2 cm³/mol. The lowest BCUT2D eigenvalue weighted by molar-refractivity contribution is -0.142. The van der Waals surface area contributed by atoms with Gasteiger partial charge < -0.3 is 9.47 Å². The van der Waals surface area contributed by atoms with E-state index >= 15 is 0 Å². The Morgan fingerprint density at radius 1 is 1.29 bits per heavy atom. The third-order valence-corrected chi connectivity index (χ3v) is 4.78. The largest absolute Gasteiger partial charge is 0.381 e. The van der Waals surface area contributed by atoms with Crippen LogP contribution in [-0.4, -0.2) is 31.2 Å². The van der Waals surface area contributed by atoms with Gasteiger partial charge in [0.2, 0.25) is 0 Å². The highest BCUT2D eigenvalue weighted by Gasteiger charge is 2.41. The normalized spacial score (nSPS) is 25.0. The van der Waals surface area contributed by atoms with Gasteiger partial charge in [0.05, 0.1) is 10.6 Å². The molecule has 3 rings (SSSR count). The van der Waals surface area contributed by atoms with Crippen LogP contribution < -0.4 is 0 Å². The Balaban J connectivity index is 1.77. The summed E-state index contributed by atoms with van der Waals surface area (Å²) in [6.07, 6.45) is 3.04. The van der Waals surface area contributed by atoms with Crippen molar-refractivity contribution in [2.24, 2.45) is 5.92 Å². The summed E-state index contributed by atoms with van der Waals surface area (Å²) in [5.74, 6) is -0.543. The minimum absolute atomic E-state index is 0.00540. The summed E-state index contributed by atoms with van der Waals surface area (Å²) in [5.41, 5.74) is 0.177. The molecule has 1 aromatic rings. The molecule has 2 aliphatic heterocycles. The number of halogens is 2. The number of ketones is 1. The lowest BCUT2D eigenvalue weighted by atomic mass is 9.78. The number of rotatable bonds is 2. The van der Waals surface area contributed by atoms with Crippen molar-refractivity contribution in [1.82, 2.24) is 0 Å². The van der Waals surface area contributed by atoms with E-state index in [0.717, 1.165) is 12.8 Å². The van der Waals surface area contributed by atoms with Gasteiger partial charge in [0.1, 0.15) is 5.82 Å². The Labute approximate surface area is 128 Å². The number of hydrogen-bond acceptors (Lipinski definition) is 3. The topological polar surface area (TPSA) is 35.5 Å². The van der Waals surface area contributed by atoms with Crippen LogP contribution in [0.5, 0.6) is 0 Å². The molecule has 2 aliphatic rings. The van der Waals surface area contributed by atoms with Gasteiger partial charge in [-0.15, -0.1) is 0 Å². The Hall–Kier alpha value is -0.970. The molecule has 1 aromatic carbocycles. The molecular weight excluding hydrogens is 295 g/mol. The lowest BCUT2D eigenvalue weighted by Crippen LogP contribution is -2.45. The van der Waals surface area contributed by atoms with Gasteiger partial charge in [-0.3, -0.25) is 4.79 Å². The first-order valence-electron chi connectivity index (χ1n) is 7.31. The number of hydrogen-bond donors (Lipinski definition) is 0. The van der Waals surface area contributed by atoms with Crippen molar-refractivity contribution in [3.63, 3.8) is 0 Å². The first-order chi connectivity index (χ1) is 10.1. The van der Waals surface area contributed by atoms with E-state index in [2.05, 4.69) is 0 Å². The van der Waals surface area contributed by atoms with Crippen molar-refractivity contribution in [2.75, 3.05) is 19.8 Å². The standard InChI is InChI=1S/C16H18ClFO3/c17-14-9-12(18)1-2-13(14)15(19)11-3-6-21-16(10-11)4-7-20-8-5-16/h1-2,9,11H,3-8,10H2. The molecule has 5 heteroatoms. The molecule has 0 radical (unpaired) electrons. The molecule has 1 atom stereocenters. The van der Waals surface area contributed by atoms with E-state index < -0.39 is 5.82 Å². The number of benzene rings is 1. The Bertz CT molecular complexity index is 535. The number of carbonyl (C=O) groups excluding carboxylic acids is 1. The maximum absolute atomic E-state index is 13.1. The molecule has 21 heavy (non-hydrogen) atoms. The lowest BCUT2D eigenvalue weighted by Gasteiger charge is -2.42. The van der Waals surface area contributed by atoms with Gasteiger partial charge in [-0.05, 0) is 43.9 Å². The van der Waals surface area contributed by atoms with E-state index in [1.807, 2.05) is 0 Å². The monoisotopic (exact) mass is 312 g/mol. The van der Waals surface area contributed by atoms with Gasteiger partial charge in [-0.25, -0.2) is 4.39 Å². The van der Waals surface area contributed by atoms with Crippen molar-refractivity contribution < 1.29 is 18.7 Å². The van der Waals surface area contributed by atoms with E-state index in [-0.39, 0.29) is 22.3 Å². The van der Waals surface area contributed by atoms with Crippen molar-refractivity contribution in [3.05, 3.63) is 34.6 Å². The third kappa shape index (κ3) is 3.12. The highest BCUT2D eigenvalue weighted by atomic mass is 35.5. The van der Waals surface area contributed by atoms with Crippen LogP contribution >= 0.6 is 11.6 Å². The molecule has 2 heterocycles. The molecule has 3 nitrogen and oxygen atoms in total. The van der Waals surface area contributed by atoms with Gasteiger partial charge in [0.25, 0.3) is 0 Å². The fourth-order valence-corrected chi connectivity index (χ4v) is 3.51. The van der Waals surface area contributed by atoms with Crippen LogP contribution in [0, 0.1) is 11.7 Å². The summed E-state index contributed by atoms with van der Waals surface area (Å²) in [6.45, 7) is 1.94. The van der Waals surface area contributed by atoms with Crippen molar-refractivity contribution in [3.8, 4) is 0 Å². The molecule has 1 unspecified atom stereocenters. The van der Waals surface area contributed by atoms with E-state index in [0.29, 0.717) is 38.2 Å². The molecule has 0 bridgehead atoms. The van der Waals surface area contributed by atoms with E-state index in [1.54, 1.807) is 0 Å². The van der Waals surface area contributed by atoms with Gasteiger partial charge in [-0.2, -0.15) is 0 Å². The van der Waals surface area contributed by atoms with Crippen LogP contribution in [0.1, 0.15) is 36.0 Å². The molecule has 0 aromatic heterocycles. The molecular formula is C16H18ClFO3. The van der Waals surface area contributed by atoms with Gasteiger partial charge >= 0.3 is 0 Å². The first kappa shape index (κ1) is 14.9. The van der Waals surface area contributed by atoms with E-state index in [9.17, 15) is 9.18 Å². The second-order valence-corrected chi connectivity index (χ2v) is 6.23. The zero-order chi connectivity index (χ0) is 14.9. The summed E-state index contributed by atoms with van der Waals surface area (Å²) in [4.78, 5) is 12.7. The Morgan fingerprint density at radius 3 is 2.76 bits per heavy atom. The van der Waals surface area contributed by atoms with Crippen LogP contribution in [0.3, 0.4) is 0 Å². The maximum Gasteiger partial charge on any atom is 0.167 e. The third-order valence-electron chi connectivity index (χ3n) is 4.46. The highest BCUT2D eigenvalue weighted by molar-refractivity contribution is 6.34. The van der Waals surface area contributed by atoms with Crippen LogP contribution in [0.2, 0.25) is 5.02 Å². The van der Waals surface area contributed by atoms with Crippen LogP contribution in [0.15, 0.2) is 18.2 Å². The van der Waals surface area contributed by atoms with Crippen LogP contribution in [0.4, 0.5) is 4.39 Å². The van der Waals surface area contributed by atoms with Crippen LogP contribution in [0.25, 0.3) is 0 Å². The molecule has 0 saturated carbocycles. The zero-order valence-electron chi connectivity index (χ0n) is 11.7. The summed E-state index contributed by atoms with van der Waals surface area (Å²) < 4.78 is 24.4. The van der Waals surface area contributed by atoms with Gasteiger partial charge in [0, 0.05) is 31.3 Å². The number of Topliss-reactive ketones (excluding diaryl/α,β-unsaturated/α-hetero) is 1. The molecule has 114 valence electrons. The average Bonchev–Trinajstić information content (AvgIpc) is 2.47. The summed E-state index contributed by atoms with van der Waals surface area (Å²) in [7, 11) is 0. The van der Waals surface area contributed by atoms with E-state index in [4.69, 9.17) is 21.1 Å². The Kier molecular flexibility index (Phi) is 4.29. The molecule has 2 fully saturated rings. The fourth-order valence-electron chi connectivity index (χ4n) is 3.25. The first-order valence-corrected chi connectivity index (χ1v) is 7.68. The fraction of sp³-hybridized carbons (Fsp3) is 0.562. The molecule has 0 amide bonds. The SMILES string of the molecule is O=C(c1ccc(F)cc1Cl)C1CCOC2(CCOCC2)C1. The van der Waals surface area contributed by atoms with Gasteiger partial charge in [-0.1, -0.05) is 11.6 Å². The van der Waals surface area contributed by atoms with Gasteiger partial charge in [0.15, 0.2) is 5.78 Å². The van der Waals surface area contributed by atoms with Crippen molar-refractivity contribution in [1.29, 1.82) is 0 Å². The van der Waals surface area contributed by atoms with Crippen molar-refractivity contribution >= 4 is 17.4 Å². The summed E-state index contributed by atoms with van der Waals surface area (Å²) >= 11 is 6.01. The molecule has 0 N–H and O–H groups in total. The second-order valence-electron chi connectivity index (χ2n) is 5.82. The number of ether oxygens (including phenoxy) is 2. The highest BCUT2D eigenvalue weighted by Crippen LogP contribution is 2.38. The smallest absolute Gasteiger partial charge is 0.167 e. The van der Waals surface area contributed by atoms with E-state index in [1.165, 1.54) is 18.2 Å². The second kappa shape index (κ2) is 6.03. The summed E-state index contributed by atoms with van der Waals surface area (Å²) in [5, 5.41) is 0.188. The minimum atomic E-state index is -0.426. The maximum atomic E-state index is 13.1. The Morgan fingerprint density at radius 2 is 2.05 bits per heavy atom. The summed E-state index contributed by atoms with van der Waals surface area (Å²) in [6, 6.07) is 3.95. The molecule has 1 spiro atoms. The predicted octanol–water partition coefficient (Wildman–Crippen LogP) is 3.64. The van der Waals surface area contributed by atoms with Crippen LogP contribution in [-0.2, 0) is 9.47 Å². The van der Waals surface area contributed by atoms with Crippen molar-refractivity contribution in [2.45, 2.75) is 31.3 Å². The molecule has 0 aliphatic carbocycles. The molecule has 2 saturated heterocycles. The average molecular weight is 313 g/mol. The zero-order valence-corrected chi connectivity index (χ0v) is 12.5. The number of carbonyl (C=O) groups is 1. The minimum Gasteiger partial charge on any atom is -0.381 e. The quantitative estimate of drug-likeness (QED) is 0.782.